The Morgan fingerprint density at radius 1 is 1.08 bits per heavy atom. The highest BCUT2D eigenvalue weighted by Crippen LogP contribution is 2.22. The lowest BCUT2D eigenvalue weighted by molar-refractivity contribution is -0.120. The molecular formula is C20H24N2O3S. The molecule has 138 valence electrons. The fourth-order valence-corrected chi connectivity index (χ4v) is 5.15. The number of nitrogens with zero attached hydrogens (tertiary/aromatic N) is 1. The van der Waals surface area contributed by atoms with Gasteiger partial charge in [-0.25, -0.2) is 13.1 Å². The Balaban J connectivity index is 1.70. The van der Waals surface area contributed by atoms with Gasteiger partial charge < -0.3 is 0 Å². The van der Waals surface area contributed by atoms with Gasteiger partial charge in [-0.3, -0.25) is 9.69 Å². The highest BCUT2D eigenvalue weighted by molar-refractivity contribution is 7.90. The van der Waals surface area contributed by atoms with E-state index in [1.54, 1.807) is 13.8 Å². The molecule has 0 bridgehead atoms. The second kappa shape index (κ2) is 7.21. The molecule has 1 heterocycles. The van der Waals surface area contributed by atoms with Crippen LogP contribution in [0.1, 0.15) is 27.8 Å². The van der Waals surface area contributed by atoms with E-state index in [4.69, 9.17) is 0 Å². The third kappa shape index (κ3) is 3.97. The molecule has 0 saturated heterocycles. The van der Waals surface area contributed by atoms with Gasteiger partial charge in [0.05, 0.1) is 11.4 Å². The van der Waals surface area contributed by atoms with Crippen LogP contribution in [0.3, 0.4) is 0 Å². The van der Waals surface area contributed by atoms with Gasteiger partial charge in [0.2, 0.25) is 5.91 Å². The molecule has 1 aliphatic rings. The van der Waals surface area contributed by atoms with Crippen LogP contribution >= 0.6 is 0 Å². The lowest BCUT2D eigenvalue weighted by atomic mass is 10.00. The number of nitrogens with one attached hydrogen (secondary N) is 1. The third-order valence-electron chi connectivity index (χ3n) is 4.70. The maximum absolute atomic E-state index is 12.7. The fraction of sp³-hybridized carbons (Fsp3) is 0.350. The lowest BCUT2D eigenvalue weighted by Crippen LogP contribution is -2.42. The number of rotatable bonds is 4. The van der Waals surface area contributed by atoms with Crippen LogP contribution in [-0.4, -0.2) is 32.3 Å². The minimum absolute atomic E-state index is 0.0670. The van der Waals surface area contributed by atoms with Crippen LogP contribution in [0.15, 0.2) is 41.3 Å². The van der Waals surface area contributed by atoms with Crippen molar-refractivity contribution in [2.45, 2.75) is 38.6 Å². The van der Waals surface area contributed by atoms with Crippen molar-refractivity contribution in [3.8, 4) is 0 Å². The molecule has 5 nitrogen and oxygen atoms in total. The standard InChI is InChI=1S/C20H24N2O3S/c1-14-10-15(2)20(16(3)11-14)26(24,25)21-19(23)13-22-9-8-17-6-4-5-7-18(17)12-22/h4-7,10-11H,8-9,12-13H2,1-3H3,(H,21,23). The van der Waals surface area contributed by atoms with Crippen molar-refractivity contribution in [3.63, 3.8) is 0 Å². The molecule has 0 aliphatic carbocycles. The second-order valence-corrected chi connectivity index (χ2v) is 8.61. The SMILES string of the molecule is Cc1cc(C)c(S(=O)(=O)NC(=O)CN2CCc3ccccc3C2)c(C)c1. The van der Waals surface area contributed by atoms with Gasteiger partial charge in [-0.1, -0.05) is 42.0 Å². The van der Waals surface area contributed by atoms with Crippen molar-refractivity contribution in [2.24, 2.45) is 0 Å². The van der Waals surface area contributed by atoms with Crippen molar-refractivity contribution in [2.75, 3.05) is 13.1 Å². The Bertz CT molecular complexity index is 928. The second-order valence-electron chi connectivity index (χ2n) is 6.99. The predicted molar refractivity (Wildman–Crippen MR) is 101 cm³/mol. The normalized spacial score (nSPS) is 14.7. The molecule has 0 unspecified atom stereocenters. The maximum Gasteiger partial charge on any atom is 0.264 e. The first kappa shape index (κ1) is 18.6. The van der Waals surface area contributed by atoms with Crippen molar-refractivity contribution in [3.05, 3.63) is 64.2 Å². The summed E-state index contributed by atoms with van der Waals surface area (Å²) >= 11 is 0. The van der Waals surface area contributed by atoms with Crippen molar-refractivity contribution in [1.29, 1.82) is 0 Å². The zero-order valence-corrected chi connectivity index (χ0v) is 16.2. The van der Waals surface area contributed by atoms with Gasteiger partial charge in [0, 0.05) is 13.1 Å². The number of sulfonamides is 1. The Hall–Kier alpha value is -2.18. The summed E-state index contributed by atoms with van der Waals surface area (Å²) in [5.74, 6) is -0.497. The molecule has 0 fully saturated rings. The van der Waals surface area contributed by atoms with E-state index in [2.05, 4.69) is 16.9 Å². The highest BCUT2D eigenvalue weighted by atomic mass is 32.2. The number of carbonyl (C=O) groups is 1. The average Bonchev–Trinajstić information content (AvgIpc) is 2.52. The van der Waals surface area contributed by atoms with E-state index in [-0.39, 0.29) is 11.4 Å². The summed E-state index contributed by atoms with van der Waals surface area (Å²) in [5, 5.41) is 0. The monoisotopic (exact) mass is 372 g/mol. The van der Waals surface area contributed by atoms with Crippen LogP contribution in [0.25, 0.3) is 0 Å². The van der Waals surface area contributed by atoms with Crippen LogP contribution in [0, 0.1) is 20.8 Å². The number of amides is 1. The molecular weight excluding hydrogens is 348 g/mol. The molecule has 0 spiro atoms. The molecule has 26 heavy (non-hydrogen) atoms. The summed E-state index contributed by atoms with van der Waals surface area (Å²) < 4.78 is 27.6. The number of fused-ring (bicyclic) bond motifs is 1. The number of hydrogen-bond acceptors (Lipinski definition) is 4. The van der Waals surface area contributed by atoms with E-state index in [1.165, 1.54) is 11.1 Å². The Morgan fingerprint density at radius 3 is 2.35 bits per heavy atom. The van der Waals surface area contributed by atoms with Gasteiger partial charge in [-0.05, 0) is 49.4 Å². The van der Waals surface area contributed by atoms with Gasteiger partial charge in [0.25, 0.3) is 10.0 Å². The largest absolute Gasteiger partial charge is 0.290 e. The van der Waals surface area contributed by atoms with Crippen molar-refractivity contribution in [1.82, 2.24) is 9.62 Å². The molecule has 0 aromatic heterocycles. The molecule has 0 atom stereocenters. The maximum atomic E-state index is 12.7. The van der Waals surface area contributed by atoms with Crippen LogP contribution in [0.5, 0.6) is 0 Å². The molecule has 1 N–H and O–H groups in total. The van der Waals surface area contributed by atoms with E-state index in [0.717, 1.165) is 18.5 Å². The van der Waals surface area contributed by atoms with Crippen molar-refractivity contribution >= 4 is 15.9 Å². The number of hydrogen-bond donors (Lipinski definition) is 1. The third-order valence-corrected chi connectivity index (χ3v) is 6.38. The van der Waals surface area contributed by atoms with Crippen LogP contribution in [-0.2, 0) is 27.8 Å². The molecule has 0 saturated carbocycles. The van der Waals surface area contributed by atoms with E-state index >= 15 is 0 Å². The van der Waals surface area contributed by atoms with Gasteiger partial charge in [-0.15, -0.1) is 0 Å². The van der Waals surface area contributed by atoms with Crippen LogP contribution in [0.4, 0.5) is 0 Å². The summed E-state index contributed by atoms with van der Waals surface area (Å²) in [6.07, 6.45) is 0.867. The zero-order chi connectivity index (χ0) is 18.9. The Kier molecular flexibility index (Phi) is 5.16. The topological polar surface area (TPSA) is 66.5 Å². The summed E-state index contributed by atoms with van der Waals surface area (Å²) in [6.45, 7) is 6.89. The van der Waals surface area contributed by atoms with E-state index in [0.29, 0.717) is 17.7 Å². The number of aryl methyl sites for hydroxylation is 3. The first-order valence-corrected chi connectivity index (χ1v) is 10.2. The molecule has 3 rings (SSSR count). The van der Waals surface area contributed by atoms with Gasteiger partial charge in [-0.2, -0.15) is 0 Å². The molecule has 1 amide bonds. The predicted octanol–water partition coefficient (Wildman–Crippen LogP) is 2.48. The summed E-state index contributed by atoms with van der Waals surface area (Å²) in [6, 6.07) is 11.8. The zero-order valence-electron chi connectivity index (χ0n) is 15.4. The first-order chi connectivity index (χ1) is 12.3. The minimum atomic E-state index is -3.88. The van der Waals surface area contributed by atoms with Crippen LogP contribution < -0.4 is 4.72 Å². The lowest BCUT2D eigenvalue weighted by Gasteiger charge is -2.28. The van der Waals surface area contributed by atoms with Gasteiger partial charge in [0.15, 0.2) is 0 Å². The van der Waals surface area contributed by atoms with Gasteiger partial charge >= 0.3 is 0 Å². The average molecular weight is 372 g/mol. The fourth-order valence-electron chi connectivity index (χ4n) is 3.72. The smallest absolute Gasteiger partial charge is 0.264 e. The Morgan fingerprint density at radius 2 is 1.69 bits per heavy atom. The summed E-state index contributed by atoms with van der Waals surface area (Å²) in [4.78, 5) is 14.5. The minimum Gasteiger partial charge on any atom is -0.290 e. The quantitative estimate of drug-likeness (QED) is 0.895. The highest BCUT2D eigenvalue weighted by Gasteiger charge is 2.24. The number of carbonyl (C=O) groups excluding carboxylic acids is 1. The van der Waals surface area contributed by atoms with Crippen LogP contribution in [0.2, 0.25) is 0 Å². The summed E-state index contributed by atoms with van der Waals surface area (Å²) in [5.41, 5.74) is 4.78. The first-order valence-electron chi connectivity index (χ1n) is 8.69. The van der Waals surface area contributed by atoms with E-state index < -0.39 is 15.9 Å². The molecule has 2 aromatic carbocycles. The summed E-state index contributed by atoms with van der Waals surface area (Å²) in [7, 11) is -3.88. The molecule has 1 aliphatic heterocycles. The van der Waals surface area contributed by atoms with E-state index in [1.807, 2.05) is 36.1 Å². The van der Waals surface area contributed by atoms with E-state index in [9.17, 15) is 13.2 Å². The number of benzene rings is 2. The molecule has 2 aromatic rings. The van der Waals surface area contributed by atoms with Gasteiger partial charge in [0.1, 0.15) is 0 Å². The molecule has 6 heteroatoms. The van der Waals surface area contributed by atoms with Crippen molar-refractivity contribution < 1.29 is 13.2 Å². The Labute approximate surface area is 155 Å². The molecule has 0 radical (unpaired) electrons.